The fourth-order valence-corrected chi connectivity index (χ4v) is 2.29. The Morgan fingerprint density at radius 2 is 2.21 bits per heavy atom. The van der Waals surface area contributed by atoms with Gasteiger partial charge in [0.05, 0.1) is 17.9 Å². The third-order valence-corrected chi connectivity index (χ3v) is 3.94. The Kier molecular flexibility index (Phi) is 3.47. The topological polar surface area (TPSA) is 71.8 Å². The molecule has 0 radical (unpaired) electrons. The quantitative estimate of drug-likeness (QED) is 0.800. The molecule has 1 aliphatic heterocycles. The average Bonchev–Trinajstić information content (AvgIpc) is 2.79. The number of halogens is 1. The summed E-state index contributed by atoms with van der Waals surface area (Å²) >= 11 is 2.18. The van der Waals surface area contributed by atoms with Gasteiger partial charge in [-0.2, -0.15) is 0 Å². The van der Waals surface area contributed by atoms with Gasteiger partial charge in [-0.05, 0) is 34.7 Å². The molecule has 0 spiro atoms. The molecule has 1 aliphatic rings. The van der Waals surface area contributed by atoms with Crippen molar-refractivity contribution < 1.29 is 4.79 Å². The molecule has 2 heterocycles. The van der Waals surface area contributed by atoms with Crippen molar-refractivity contribution in [3.8, 4) is 0 Å². The second-order valence-corrected chi connectivity index (χ2v) is 5.49. The lowest BCUT2D eigenvalue weighted by Gasteiger charge is -2.26. The maximum Gasteiger partial charge on any atom is 0.277 e. The molecule has 0 atom stereocenters. The summed E-state index contributed by atoms with van der Waals surface area (Å²) in [5.74, 6) is -0.234. The molecule has 98 valence electrons. The van der Waals surface area contributed by atoms with Gasteiger partial charge in [-0.15, -0.1) is 5.10 Å². The van der Waals surface area contributed by atoms with Gasteiger partial charge in [0, 0.05) is 16.7 Å². The van der Waals surface area contributed by atoms with Gasteiger partial charge in [0.2, 0.25) is 0 Å². The third-order valence-electron chi connectivity index (χ3n) is 3.00. The van der Waals surface area contributed by atoms with E-state index in [1.54, 1.807) is 10.9 Å². The molecule has 0 bridgehead atoms. The van der Waals surface area contributed by atoms with Gasteiger partial charge < -0.3 is 10.6 Å². The van der Waals surface area contributed by atoms with E-state index in [4.69, 9.17) is 0 Å². The fourth-order valence-electron chi connectivity index (χ4n) is 1.77. The first-order chi connectivity index (χ1) is 9.24. The van der Waals surface area contributed by atoms with Crippen LogP contribution in [-0.4, -0.2) is 34.0 Å². The van der Waals surface area contributed by atoms with Gasteiger partial charge in [-0.25, -0.2) is 4.68 Å². The van der Waals surface area contributed by atoms with Crippen LogP contribution in [0.25, 0.3) is 0 Å². The highest BCUT2D eigenvalue weighted by atomic mass is 127. The Bertz CT molecular complexity index is 608. The molecular formula is C12H12IN5O. The number of nitrogens with zero attached hydrogens (tertiary/aromatic N) is 3. The number of hydrogen-bond donors (Lipinski definition) is 2. The number of carbonyl (C=O) groups excluding carboxylic acids is 1. The summed E-state index contributed by atoms with van der Waals surface area (Å²) in [5.41, 5.74) is 1.12. The van der Waals surface area contributed by atoms with Crippen LogP contribution in [0, 0.1) is 3.57 Å². The summed E-state index contributed by atoms with van der Waals surface area (Å²) in [4.78, 5) is 12.1. The molecule has 1 aromatic carbocycles. The van der Waals surface area contributed by atoms with E-state index in [1.165, 1.54) is 0 Å². The van der Waals surface area contributed by atoms with Crippen molar-refractivity contribution in [2.24, 2.45) is 0 Å². The Morgan fingerprint density at radius 3 is 2.89 bits per heavy atom. The van der Waals surface area contributed by atoms with Crippen LogP contribution < -0.4 is 10.6 Å². The molecule has 0 saturated carbocycles. The molecule has 3 rings (SSSR count). The zero-order chi connectivity index (χ0) is 13.2. The van der Waals surface area contributed by atoms with Crippen molar-refractivity contribution in [3.63, 3.8) is 0 Å². The van der Waals surface area contributed by atoms with Gasteiger partial charge in [-0.3, -0.25) is 4.79 Å². The predicted molar refractivity (Wildman–Crippen MR) is 79.0 cm³/mol. The van der Waals surface area contributed by atoms with E-state index in [0.29, 0.717) is 11.7 Å². The van der Waals surface area contributed by atoms with Crippen LogP contribution in [0.4, 0.5) is 5.69 Å². The Balaban J connectivity index is 1.73. The summed E-state index contributed by atoms with van der Waals surface area (Å²) < 4.78 is 2.73. The lowest BCUT2D eigenvalue weighted by atomic mass is 10.2. The van der Waals surface area contributed by atoms with Crippen molar-refractivity contribution in [1.29, 1.82) is 0 Å². The third kappa shape index (κ3) is 2.61. The van der Waals surface area contributed by atoms with Crippen LogP contribution in [0.1, 0.15) is 16.5 Å². The molecule has 1 fully saturated rings. The number of amides is 1. The normalized spacial score (nSPS) is 15.0. The van der Waals surface area contributed by atoms with E-state index in [-0.39, 0.29) is 5.91 Å². The smallest absolute Gasteiger partial charge is 0.277 e. The van der Waals surface area contributed by atoms with Crippen molar-refractivity contribution in [1.82, 2.24) is 20.3 Å². The number of aromatic nitrogens is 3. The molecule has 1 amide bonds. The maximum absolute atomic E-state index is 12.1. The minimum atomic E-state index is -0.234. The van der Waals surface area contributed by atoms with Gasteiger partial charge >= 0.3 is 0 Å². The van der Waals surface area contributed by atoms with E-state index in [9.17, 15) is 4.79 Å². The minimum absolute atomic E-state index is 0.234. The number of para-hydroxylation sites is 1. The van der Waals surface area contributed by atoms with E-state index in [2.05, 4.69) is 43.5 Å². The van der Waals surface area contributed by atoms with E-state index < -0.39 is 0 Å². The molecule has 0 unspecified atom stereocenters. The SMILES string of the molecule is O=C(Nc1ccccc1I)c1cn(C2CNC2)nn1. The summed E-state index contributed by atoms with van der Waals surface area (Å²) in [6.07, 6.45) is 1.69. The second kappa shape index (κ2) is 5.25. The highest BCUT2D eigenvalue weighted by Crippen LogP contribution is 2.18. The first kappa shape index (κ1) is 12.5. The summed E-state index contributed by atoms with van der Waals surface area (Å²) in [6, 6.07) is 7.92. The molecule has 6 nitrogen and oxygen atoms in total. The highest BCUT2D eigenvalue weighted by molar-refractivity contribution is 14.1. The number of carbonyl (C=O) groups is 1. The molecular weight excluding hydrogens is 357 g/mol. The van der Waals surface area contributed by atoms with Crippen LogP contribution >= 0.6 is 22.6 Å². The fraction of sp³-hybridized carbons (Fsp3) is 0.250. The largest absolute Gasteiger partial charge is 0.320 e. The van der Waals surface area contributed by atoms with Gasteiger partial charge in [0.25, 0.3) is 5.91 Å². The van der Waals surface area contributed by atoms with Crippen LogP contribution in [0.15, 0.2) is 30.5 Å². The zero-order valence-electron chi connectivity index (χ0n) is 10.0. The standard InChI is InChI=1S/C12H12IN5O/c13-9-3-1-2-4-10(9)15-12(19)11-7-18(17-16-11)8-5-14-6-8/h1-4,7-8,14H,5-6H2,(H,15,19). The molecule has 7 heteroatoms. The molecule has 0 aliphatic carbocycles. The Labute approximate surface area is 123 Å². The second-order valence-electron chi connectivity index (χ2n) is 4.33. The molecule has 2 N–H and O–H groups in total. The van der Waals surface area contributed by atoms with Crippen LogP contribution in [-0.2, 0) is 0 Å². The molecule has 19 heavy (non-hydrogen) atoms. The molecule has 1 aromatic heterocycles. The lowest BCUT2D eigenvalue weighted by Crippen LogP contribution is -2.43. The van der Waals surface area contributed by atoms with Crippen molar-refractivity contribution in [2.75, 3.05) is 18.4 Å². The Morgan fingerprint density at radius 1 is 1.42 bits per heavy atom. The summed E-state index contributed by atoms with van der Waals surface area (Å²) in [7, 11) is 0. The number of benzene rings is 1. The van der Waals surface area contributed by atoms with Crippen LogP contribution in [0.3, 0.4) is 0 Å². The first-order valence-electron chi connectivity index (χ1n) is 5.92. The van der Waals surface area contributed by atoms with Crippen LogP contribution in [0.5, 0.6) is 0 Å². The van der Waals surface area contributed by atoms with E-state index >= 15 is 0 Å². The average molecular weight is 369 g/mol. The van der Waals surface area contributed by atoms with E-state index in [0.717, 1.165) is 22.3 Å². The van der Waals surface area contributed by atoms with Gasteiger partial charge in [-0.1, -0.05) is 17.3 Å². The summed E-state index contributed by atoms with van der Waals surface area (Å²) in [6.45, 7) is 1.75. The lowest BCUT2D eigenvalue weighted by molar-refractivity contribution is 0.102. The maximum atomic E-state index is 12.1. The van der Waals surface area contributed by atoms with E-state index in [1.807, 2.05) is 24.3 Å². The number of anilines is 1. The number of rotatable bonds is 3. The minimum Gasteiger partial charge on any atom is -0.320 e. The number of nitrogens with one attached hydrogen (secondary N) is 2. The van der Waals surface area contributed by atoms with Crippen molar-refractivity contribution in [3.05, 3.63) is 39.7 Å². The van der Waals surface area contributed by atoms with Gasteiger partial charge in [0.1, 0.15) is 0 Å². The Hall–Kier alpha value is -1.48. The summed E-state index contributed by atoms with van der Waals surface area (Å²) in [5, 5.41) is 13.9. The molecule has 1 saturated heterocycles. The predicted octanol–water partition coefficient (Wildman–Crippen LogP) is 1.28. The van der Waals surface area contributed by atoms with Crippen LogP contribution in [0.2, 0.25) is 0 Å². The first-order valence-corrected chi connectivity index (χ1v) is 7.00. The monoisotopic (exact) mass is 369 g/mol. The molecule has 2 aromatic rings. The zero-order valence-corrected chi connectivity index (χ0v) is 12.2. The highest BCUT2D eigenvalue weighted by Gasteiger charge is 2.21. The number of hydrogen-bond acceptors (Lipinski definition) is 4. The van der Waals surface area contributed by atoms with Crippen molar-refractivity contribution in [2.45, 2.75) is 6.04 Å². The van der Waals surface area contributed by atoms with Crippen molar-refractivity contribution >= 4 is 34.2 Å². The van der Waals surface area contributed by atoms with Gasteiger partial charge in [0.15, 0.2) is 5.69 Å².